The van der Waals surface area contributed by atoms with Crippen molar-refractivity contribution < 1.29 is 26.7 Å². The Kier molecular flexibility index (Phi) is 5.84. The number of hydrogen-bond donors (Lipinski definition) is 1. The lowest BCUT2D eigenvalue weighted by molar-refractivity contribution is -0.137. The van der Waals surface area contributed by atoms with Crippen molar-refractivity contribution in [3.8, 4) is 5.75 Å². The van der Waals surface area contributed by atoms with Crippen LogP contribution in [0, 0.1) is 0 Å². The van der Waals surface area contributed by atoms with Gasteiger partial charge in [0.15, 0.2) is 0 Å². The van der Waals surface area contributed by atoms with Crippen LogP contribution < -0.4 is 10.2 Å². The number of rotatable bonds is 5. The molecule has 0 radical (unpaired) electrons. The summed E-state index contributed by atoms with van der Waals surface area (Å²) in [6.07, 6.45) is -4.50. The van der Waals surface area contributed by atoms with Gasteiger partial charge in [0.25, 0.3) is 0 Å². The van der Waals surface area contributed by atoms with Crippen molar-refractivity contribution in [1.82, 2.24) is 0 Å². The summed E-state index contributed by atoms with van der Waals surface area (Å²) in [5.41, 5.74) is 2.59. The minimum Gasteiger partial charge on any atom is -0.435 e. The molecular weight excluding hydrogens is 367 g/mol. The molecule has 2 aromatic carbocycles. The maximum Gasteiger partial charge on any atom is 0.416 e. The molecule has 3 nitrogen and oxygen atoms in total. The minimum atomic E-state index is -4.50. The SMILES string of the molecule is C/C(=N/Nc1cc(C(F)(F)F)ccc1Cl)c1ccc(OC(F)F)cc1. The number of anilines is 1. The first-order chi connectivity index (χ1) is 11.7. The van der Waals surface area contributed by atoms with Gasteiger partial charge in [-0.15, -0.1) is 0 Å². The highest BCUT2D eigenvalue weighted by Gasteiger charge is 2.30. The molecule has 9 heteroatoms. The van der Waals surface area contributed by atoms with Crippen LogP contribution >= 0.6 is 11.6 Å². The van der Waals surface area contributed by atoms with Crippen LogP contribution in [0.2, 0.25) is 5.02 Å². The smallest absolute Gasteiger partial charge is 0.416 e. The van der Waals surface area contributed by atoms with Gasteiger partial charge >= 0.3 is 12.8 Å². The van der Waals surface area contributed by atoms with Gasteiger partial charge in [-0.2, -0.15) is 27.1 Å². The first-order valence-electron chi connectivity index (χ1n) is 6.89. The van der Waals surface area contributed by atoms with E-state index in [2.05, 4.69) is 15.3 Å². The molecule has 0 aromatic heterocycles. The van der Waals surface area contributed by atoms with Crippen LogP contribution in [0.5, 0.6) is 5.75 Å². The standard InChI is InChI=1S/C16H12ClF5N2O/c1-9(10-2-5-12(6-3-10)25-15(18)19)23-24-14-8-11(16(20,21)22)4-7-13(14)17/h2-8,15,24H,1H3/b23-9-. The minimum absolute atomic E-state index is 0.00602. The Morgan fingerprint density at radius 2 is 1.76 bits per heavy atom. The van der Waals surface area contributed by atoms with Crippen LogP contribution in [0.3, 0.4) is 0 Å². The Hall–Kier alpha value is -2.35. The van der Waals surface area contributed by atoms with Crippen LogP contribution in [0.15, 0.2) is 47.6 Å². The molecule has 1 N–H and O–H groups in total. The van der Waals surface area contributed by atoms with E-state index in [0.717, 1.165) is 18.2 Å². The van der Waals surface area contributed by atoms with Crippen LogP contribution in [-0.4, -0.2) is 12.3 Å². The van der Waals surface area contributed by atoms with Crippen molar-refractivity contribution in [3.05, 3.63) is 58.6 Å². The summed E-state index contributed by atoms with van der Waals surface area (Å²) in [7, 11) is 0. The third-order valence-electron chi connectivity index (χ3n) is 3.14. The highest BCUT2D eigenvalue weighted by Crippen LogP contribution is 2.33. The fraction of sp³-hybridized carbons (Fsp3) is 0.188. The molecule has 0 fully saturated rings. The third kappa shape index (κ3) is 5.32. The van der Waals surface area contributed by atoms with Crippen LogP contribution in [0.4, 0.5) is 27.6 Å². The summed E-state index contributed by atoms with van der Waals surface area (Å²) in [6.45, 7) is -1.33. The molecule has 25 heavy (non-hydrogen) atoms. The molecule has 0 saturated carbocycles. The zero-order valence-electron chi connectivity index (χ0n) is 12.7. The van der Waals surface area contributed by atoms with Gasteiger partial charge in [0.2, 0.25) is 0 Å². The van der Waals surface area contributed by atoms with E-state index >= 15 is 0 Å². The second kappa shape index (κ2) is 7.69. The number of halogens is 6. The number of nitrogens with zero attached hydrogens (tertiary/aromatic N) is 1. The van der Waals surface area contributed by atoms with E-state index in [1.54, 1.807) is 6.92 Å². The van der Waals surface area contributed by atoms with Gasteiger partial charge in [0.1, 0.15) is 5.75 Å². The Balaban J connectivity index is 2.16. The van der Waals surface area contributed by atoms with Crippen molar-refractivity contribution in [1.29, 1.82) is 0 Å². The summed E-state index contributed by atoms with van der Waals surface area (Å²) in [4.78, 5) is 0. The molecule has 0 bridgehead atoms. The number of hydrogen-bond acceptors (Lipinski definition) is 3. The van der Waals surface area contributed by atoms with E-state index in [1.807, 2.05) is 0 Å². The molecule has 0 amide bonds. The van der Waals surface area contributed by atoms with Gasteiger partial charge in [0, 0.05) is 0 Å². The van der Waals surface area contributed by atoms with Crippen molar-refractivity contribution in [2.75, 3.05) is 5.43 Å². The predicted octanol–water partition coefficient (Wildman–Crippen LogP) is 5.80. The Bertz CT molecular complexity index is 760. The third-order valence-corrected chi connectivity index (χ3v) is 3.46. The quantitative estimate of drug-likeness (QED) is 0.405. The Labute approximate surface area is 145 Å². The largest absolute Gasteiger partial charge is 0.435 e. The van der Waals surface area contributed by atoms with Gasteiger partial charge in [-0.3, -0.25) is 5.43 Å². The predicted molar refractivity (Wildman–Crippen MR) is 85.4 cm³/mol. The van der Waals surface area contributed by atoms with Gasteiger partial charge in [-0.25, -0.2) is 0 Å². The first kappa shape index (κ1) is 19.0. The molecule has 0 heterocycles. The molecule has 0 aliphatic carbocycles. The number of benzene rings is 2. The molecule has 0 aliphatic rings. The summed E-state index contributed by atoms with van der Waals surface area (Å²) in [5.74, 6) is -0.0135. The van der Waals surface area contributed by atoms with E-state index in [-0.39, 0.29) is 16.5 Å². The second-order valence-electron chi connectivity index (χ2n) is 4.90. The van der Waals surface area contributed by atoms with Crippen molar-refractivity contribution >= 4 is 23.0 Å². The fourth-order valence-electron chi connectivity index (χ4n) is 1.87. The van der Waals surface area contributed by atoms with E-state index in [0.29, 0.717) is 11.3 Å². The first-order valence-corrected chi connectivity index (χ1v) is 7.27. The van der Waals surface area contributed by atoms with Gasteiger partial charge in [0.05, 0.1) is 22.0 Å². The topological polar surface area (TPSA) is 33.6 Å². The van der Waals surface area contributed by atoms with E-state index in [4.69, 9.17) is 11.6 Å². The molecule has 0 spiro atoms. The average Bonchev–Trinajstić information content (AvgIpc) is 2.53. The molecule has 2 rings (SSSR count). The van der Waals surface area contributed by atoms with Crippen molar-refractivity contribution in [2.24, 2.45) is 5.10 Å². The van der Waals surface area contributed by atoms with Gasteiger partial charge in [-0.1, -0.05) is 11.6 Å². The lowest BCUT2D eigenvalue weighted by Crippen LogP contribution is -2.06. The number of nitrogens with one attached hydrogen (secondary N) is 1. The zero-order valence-corrected chi connectivity index (χ0v) is 13.5. The summed E-state index contributed by atoms with van der Waals surface area (Å²) >= 11 is 5.86. The summed E-state index contributed by atoms with van der Waals surface area (Å²) in [6, 6.07) is 8.48. The molecule has 0 atom stereocenters. The van der Waals surface area contributed by atoms with Crippen LogP contribution in [0.25, 0.3) is 0 Å². The van der Waals surface area contributed by atoms with Crippen LogP contribution in [0.1, 0.15) is 18.1 Å². The molecule has 134 valence electrons. The molecule has 2 aromatic rings. The number of alkyl halides is 5. The molecule has 0 saturated heterocycles. The fourth-order valence-corrected chi connectivity index (χ4v) is 2.03. The van der Waals surface area contributed by atoms with Gasteiger partial charge in [-0.05, 0) is 55.0 Å². The highest BCUT2D eigenvalue weighted by atomic mass is 35.5. The van der Waals surface area contributed by atoms with Crippen molar-refractivity contribution in [2.45, 2.75) is 19.7 Å². The van der Waals surface area contributed by atoms with E-state index in [9.17, 15) is 22.0 Å². The Morgan fingerprint density at radius 1 is 1.12 bits per heavy atom. The average molecular weight is 379 g/mol. The van der Waals surface area contributed by atoms with E-state index < -0.39 is 18.4 Å². The normalized spacial score (nSPS) is 12.4. The monoisotopic (exact) mass is 378 g/mol. The molecule has 0 aliphatic heterocycles. The lowest BCUT2D eigenvalue weighted by atomic mass is 10.1. The molecule has 0 unspecified atom stereocenters. The van der Waals surface area contributed by atoms with E-state index in [1.165, 1.54) is 24.3 Å². The number of hydrazone groups is 1. The maximum atomic E-state index is 12.7. The summed E-state index contributed by atoms with van der Waals surface area (Å²) in [5, 5.41) is 4.04. The Morgan fingerprint density at radius 3 is 2.32 bits per heavy atom. The highest BCUT2D eigenvalue weighted by molar-refractivity contribution is 6.33. The second-order valence-corrected chi connectivity index (χ2v) is 5.31. The van der Waals surface area contributed by atoms with Crippen molar-refractivity contribution in [3.63, 3.8) is 0 Å². The summed E-state index contributed by atoms with van der Waals surface area (Å²) < 4.78 is 66.6. The van der Waals surface area contributed by atoms with Crippen LogP contribution in [-0.2, 0) is 6.18 Å². The molecular formula is C16H12ClF5N2O. The zero-order chi connectivity index (χ0) is 18.6. The van der Waals surface area contributed by atoms with Gasteiger partial charge < -0.3 is 4.74 Å². The number of ether oxygens (including phenoxy) is 1. The maximum absolute atomic E-state index is 12.7. The lowest BCUT2D eigenvalue weighted by Gasteiger charge is -2.11.